The van der Waals surface area contributed by atoms with Gasteiger partial charge in [0.05, 0.1) is 0 Å². The number of anilines is 4. The highest BCUT2D eigenvalue weighted by Gasteiger charge is 2.31. The summed E-state index contributed by atoms with van der Waals surface area (Å²) in [5.74, 6) is 1.91. The van der Waals surface area contributed by atoms with Crippen LogP contribution in [0, 0.1) is 0 Å². The summed E-state index contributed by atoms with van der Waals surface area (Å²) >= 11 is 11.4. The van der Waals surface area contributed by atoms with E-state index in [-0.39, 0.29) is 10.6 Å². The molecule has 0 aliphatic carbocycles. The molecule has 0 saturated carbocycles. The third-order valence-electron chi connectivity index (χ3n) is 11.1. The van der Waals surface area contributed by atoms with Crippen molar-refractivity contribution >= 4 is 64.1 Å². The van der Waals surface area contributed by atoms with Crippen LogP contribution in [-0.2, 0) is 17.7 Å². The highest BCUT2D eigenvalue weighted by atomic mass is 35.5. The van der Waals surface area contributed by atoms with Crippen LogP contribution in [0.3, 0.4) is 0 Å². The maximum absolute atomic E-state index is 5.95. The summed E-state index contributed by atoms with van der Waals surface area (Å²) in [6.45, 7) is 39.6. The van der Waals surface area contributed by atoms with Gasteiger partial charge in [0.25, 0.3) is 0 Å². The molecule has 18 N–H and O–H groups in total. The molecule has 0 aliphatic heterocycles. The molecule has 0 radical (unpaired) electrons. The zero-order chi connectivity index (χ0) is 56.6. The Labute approximate surface area is 464 Å². The minimum atomic E-state index is -2.16. The highest BCUT2D eigenvalue weighted by Crippen LogP contribution is 2.18. The van der Waals surface area contributed by atoms with Gasteiger partial charge in [-0.25, -0.2) is 0 Å². The lowest BCUT2D eigenvalue weighted by Gasteiger charge is -2.25. The number of nitrogens with zero attached hydrogens (tertiary/aromatic N) is 10. The van der Waals surface area contributed by atoms with Gasteiger partial charge >= 0.3 is 17.1 Å². The second kappa shape index (κ2) is 49.9. The Kier molecular flexibility index (Phi) is 49.7. The SMILES string of the molecule is CCN(CC)CC.CCO[Si](C)(CCCNc1nc(Cl)nc(Cl)n1)OCC.CCO[Si](C)(CCCNc1nc(NCCN(CCN)CCN)nc(NCCN(CCN)CCN)n1)OCC.NCCN(CCN)CCN. The number of hydrogen-bond acceptors (Lipinski definition) is 25. The molecular weight excluding hydrogens is 1040 g/mol. The minimum Gasteiger partial charge on any atom is -0.395 e. The summed E-state index contributed by atoms with van der Waals surface area (Å²) in [7, 11) is -4.21. The first kappa shape index (κ1) is 74.7. The van der Waals surface area contributed by atoms with Crippen LogP contribution in [0.15, 0.2) is 0 Å². The fourth-order valence-electron chi connectivity index (χ4n) is 7.44. The van der Waals surface area contributed by atoms with Crippen molar-refractivity contribution in [2.75, 3.05) is 198 Å². The third kappa shape index (κ3) is 40.5. The maximum atomic E-state index is 5.95. The normalized spacial score (nSPS) is 11.5. The molecule has 0 amide bonds. The Morgan fingerprint density at radius 3 is 0.867 bits per heavy atom. The summed E-state index contributed by atoms with van der Waals surface area (Å²) in [5, 5.41) is 13.2. The van der Waals surface area contributed by atoms with Crippen molar-refractivity contribution in [3.63, 3.8) is 0 Å². The van der Waals surface area contributed by atoms with E-state index in [4.69, 9.17) is 81.0 Å². The van der Waals surface area contributed by atoms with Gasteiger partial charge in [-0.1, -0.05) is 20.8 Å². The quantitative estimate of drug-likeness (QED) is 0.0333. The molecule has 29 heteroatoms. The molecule has 75 heavy (non-hydrogen) atoms. The minimum absolute atomic E-state index is 0.0790. The molecule has 2 aromatic heterocycles. The van der Waals surface area contributed by atoms with Gasteiger partial charge < -0.3 is 84.0 Å². The van der Waals surface area contributed by atoms with E-state index >= 15 is 0 Å². The first-order valence-corrected chi connectivity index (χ1v) is 33.1. The van der Waals surface area contributed by atoms with Crippen LogP contribution in [0.2, 0.25) is 35.7 Å². The lowest BCUT2D eigenvalue weighted by molar-refractivity contribution is 0.188. The topological polar surface area (TPSA) is 357 Å². The number of nitrogens with one attached hydrogen (secondary N) is 4. The van der Waals surface area contributed by atoms with Gasteiger partial charge in [-0.2, -0.15) is 29.9 Å². The van der Waals surface area contributed by atoms with E-state index in [2.05, 4.69) is 105 Å². The molecule has 442 valence electrons. The van der Waals surface area contributed by atoms with Crippen molar-refractivity contribution < 1.29 is 17.7 Å². The highest BCUT2D eigenvalue weighted by molar-refractivity contribution is 6.66. The van der Waals surface area contributed by atoms with E-state index < -0.39 is 17.1 Å². The predicted octanol–water partition coefficient (Wildman–Crippen LogP) is 1.72. The van der Waals surface area contributed by atoms with Crippen LogP contribution < -0.4 is 61.4 Å². The molecule has 0 aromatic carbocycles. The lowest BCUT2D eigenvalue weighted by atomic mass is 10.4. The number of hydrogen-bond donors (Lipinski definition) is 11. The smallest absolute Gasteiger partial charge is 0.334 e. The van der Waals surface area contributed by atoms with Crippen LogP contribution >= 0.6 is 23.2 Å². The molecule has 0 aliphatic rings. The summed E-state index contributed by atoms with van der Waals surface area (Å²) in [5.41, 5.74) is 39.0. The van der Waals surface area contributed by atoms with Crippen molar-refractivity contribution in [1.82, 2.24) is 49.5 Å². The molecule has 0 bridgehead atoms. The van der Waals surface area contributed by atoms with Crippen molar-refractivity contribution in [3.05, 3.63) is 10.6 Å². The van der Waals surface area contributed by atoms with Gasteiger partial charge in [0.1, 0.15) is 0 Å². The Morgan fingerprint density at radius 1 is 0.373 bits per heavy atom. The average molecular weight is 1150 g/mol. The number of nitrogens with two attached hydrogens (primary N) is 7. The number of aromatic nitrogens is 6. The van der Waals surface area contributed by atoms with E-state index in [9.17, 15) is 0 Å². The monoisotopic (exact) mass is 1140 g/mol. The van der Waals surface area contributed by atoms with Crippen LogP contribution in [0.1, 0.15) is 61.3 Å². The van der Waals surface area contributed by atoms with E-state index in [1.165, 1.54) is 19.6 Å². The average Bonchev–Trinajstić information content (AvgIpc) is 3.36. The predicted molar refractivity (Wildman–Crippen MR) is 318 cm³/mol. The van der Waals surface area contributed by atoms with E-state index in [1.54, 1.807) is 0 Å². The fourth-order valence-corrected chi connectivity index (χ4v) is 12.6. The van der Waals surface area contributed by atoms with Gasteiger partial charge in [-0.3, -0.25) is 14.7 Å². The molecule has 0 saturated heterocycles. The summed E-state index contributed by atoms with van der Waals surface area (Å²) in [6, 6.07) is 1.79. The zero-order valence-electron chi connectivity index (χ0n) is 47.8. The van der Waals surface area contributed by atoms with Crippen molar-refractivity contribution in [1.29, 1.82) is 0 Å². The van der Waals surface area contributed by atoms with Crippen LogP contribution in [0.5, 0.6) is 0 Å². The van der Waals surface area contributed by atoms with Gasteiger partial charge in [0.2, 0.25) is 34.4 Å². The van der Waals surface area contributed by atoms with E-state index in [0.717, 1.165) is 83.8 Å². The van der Waals surface area contributed by atoms with Crippen LogP contribution in [-0.4, -0.2) is 244 Å². The molecule has 2 aromatic rings. The van der Waals surface area contributed by atoms with Gasteiger partial charge in [-0.05, 0) is 109 Å². The Morgan fingerprint density at radius 2 is 0.627 bits per heavy atom. The second-order valence-corrected chi connectivity index (χ2v) is 24.4. The standard InChI is InChI=1S/C23H54N12O2Si.C11H20Cl2N4O2Si.C6H18N4.C6H15N/c1-4-36-38(3,37-5-2)20-6-11-28-21-31-22(29-12-18-34(14-7-24)15-8-25)33-23(32-21)30-13-19-35(16-9-26)17-10-27;1-4-18-20(3,19-5-2)8-6-7-14-11-16-9(12)15-10(13)17-11;7-1-4-10(5-2-8)6-3-9;1-4-7(5-2)6-3/h4-20,24-27H2,1-3H3,(H3,28,29,30,31,32,33);4-8H2,1-3H3,(H,14,15,16,17);1-9H2;4-6H2,1-3H3. The third-order valence-corrected chi connectivity index (χ3v) is 17.5. The van der Waals surface area contributed by atoms with Crippen molar-refractivity contribution in [3.8, 4) is 0 Å². The summed E-state index contributed by atoms with van der Waals surface area (Å²) in [4.78, 5) is 34.3. The summed E-state index contributed by atoms with van der Waals surface area (Å²) < 4.78 is 23.4. The Bertz CT molecular complexity index is 1490. The van der Waals surface area contributed by atoms with E-state index in [1.807, 2.05) is 27.7 Å². The van der Waals surface area contributed by atoms with Crippen LogP contribution in [0.25, 0.3) is 0 Å². The first-order valence-electron chi connectivity index (χ1n) is 27.3. The molecule has 2 heterocycles. The summed E-state index contributed by atoms with van der Waals surface area (Å²) in [6.07, 6.45) is 1.78. The molecule has 25 nitrogen and oxygen atoms in total. The van der Waals surface area contributed by atoms with E-state index in [0.29, 0.717) is 122 Å². The zero-order valence-corrected chi connectivity index (χ0v) is 51.3. The van der Waals surface area contributed by atoms with Crippen molar-refractivity contribution in [2.45, 2.75) is 86.5 Å². The number of rotatable bonds is 43. The first-order chi connectivity index (χ1) is 36.1. The Balaban J connectivity index is 0. The largest absolute Gasteiger partial charge is 0.395 e. The maximum Gasteiger partial charge on any atom is 0.334 e. The van der Waals surface area contributed by atoms with Crippen LogP contribution in [0.4, 0.5) is 23.8 Å². The molecular formula is C46H107Cl2N21O4Si2. The fraction of sp³-hybridized carbons (Fsp3) is 0.870. The van der Waals surface area contributed by atoms with Gasteiger partial charge in [-0.15, -0.1) is 0 Å². The second-order valence-electron chi connectivity index (χ2n) is 17.1. The number of halogens is 2. The van der Waals surface area contributed by atoms with Gasteiger partial charge in [0, 0.05) is 157 Å². The molecule has 0 fully saturated rings. The lowest BCUT2D eigenvalue weighted by Crippen LogP contribution is -2.39. The van der Waals surface area contributed by atoms with Gasteiger partial charge in [0.15, 0.2) is 0 Å². The molecule has 0 atom stereocenters. The Hall–Kier alpha value is -2.37. The molecule has 0 spiro atoms. The molecule has 2 rings (SSSR count). The van der Waals surface area contributed by atoms with Crippen molar-refractivity contribution in [2.24, 2.45) is 40.1 Å². The molecule has 0 unspecified atom stereocenters.